The second-order valence-corrected chi connectivity index (χ2v) is 5.78. The minimum Gasteiger partial charge on any atom is -0.493 e. The van der Waals surface area contributed by atoms with Crippen molar-refractivity contribution < 1.29 is 4.74 Å². The quantitative estimate of drug-likeness (QED) is 0.700. The molecule has 0 spiro atoms. The fourth-order valence-electron chi connectivity index (χ4n) is 2.15. The van der Waals surface area contributed by atoms with E-state index in [2.05, 4.69) is 58.0 Å². The van der Waals surface area contributed by atoms with Crippen molar-refractivity contribution in [2.75, 3.05) is 27.2 Å². The van der Waals surface area contributed by atoms with E-state index in [1.165, 1.54) is 17.5 Å². The molecule has 0 aliphatic rings. The third-order valence-corrected chi connectivity index (χ3v) is 3.23. The Morgan fingerprint density at radius 3 is 2.53 bits per heavy atom. The van der Waals surface area contributed by atoms with Gasteiger partial charge in [0, 0.05) is 0 Å². The molecule has 0 bridgehead atoms. The maximum absolute atomic E-state index is 5.84. The SMILES string of the molecule is CCCOc1ccc(CCCN(C)C)cc1C(C)C. The molecule has 0 atom stereocenters. The van der Waals surface area contributed by atoms with E-state index in [-0.39, 0.29) is 0 Å². The van der Waals surface area contributed by atoms with Crippen molar-refractivity contribution in [3.63, 3.8) is 0 Å². The molecule has 2 nitrogen and oxygen atoms in total. The van der Waals surface area contributed by atoms with Crippen LogP contribution in [0.3, 0.4) is 0 Å². The summed E-state index contributed by atoms with van der Waals surface area (Å²) < 4.78 is 5.84. The van der Waals surface area contributed by atoms with Crippen molar-refractivity contribution in [3.05, 3.63) is 29.3 Å². The fourth-order valence-corrected chi connectivity index (χ4v) is 2.15. The summed E-state index contributed by atoms with van der Waals surface area (Å²) in [6, 6.07) is 6.69. The van der Waals surface area contributed by atoms with Gasteiger partial charge in [-0.3, -0.25) is 0 Å². The first-order valence-corrected chi connectivity index (χ1v) is 7.45. The van der Waals surface area contributed by atoms with Crippen molar-refractivity contribution in [2.45, 2.75) is 46.0 Å². The molecule has 0 aromatic heterocycles. The minimum absolute atomic E-state index is 0.514. The van der Waals surface area contributed by atoms with Crippen LogP contribution in [0.4, 0.5) is 0 Å². The van der Waals surface area contributed by atoms with Crippen LogP contribution in [-0.2, 0) is 6.42 Å². The van der Waals surface area contributed by atoms with Crippen LogP contribution in [0.1, 0.15) is 50.7 Å². The molecule has 0 radical (unpaired) electrons. The molecule has 19 heavy (non-hydrogen) atoms. The Balaban J connectivity index is 2.72. The second kappa shape index (κ2) is 8.21. The summed E-state index contributed by atoms with van der Waals surface area (Å²) in [6.07, 6.45) is 3.41. The maximum Gasteiger partial charge on any atom is 0.122 e. The van der Waals surface area contributed by atoms with Gasteiger partial charge in [-0.15, -0.1) is 0 Å². The second-order valence-electron chi connectivity index (χ2n) is 5.78. The predicted octanol–water partition coefficient (Wildman–Crippen LogP) is 4.09. The highest BCUT2D eigenvalue weighted by atomic mass is 16.5. The zero-order valence-electron chi connectivity index (χ0n) is 13.2. The van der Waals surface area contributed by atoms with Gasteiger partial charge in [-0.25, -0.2) is 0 Å². The Hall–Kier alpha value is -1.02. The largest absolute Gasteiger partial charge is 0.493 e. The molecule has 0 amide bonds. The first kappa shape index (κ1) is 16.0. The lowest BCUT2D eigenvalue weighted by Gasteiger charge is -2.16. The molecule has 0 fully saturated rings. The molecule has 0 saturated heterocycles. The Bertz CT molecular complexity index is 372. The molecule has 0 saturated carbocycles. The molecule has 1 aromatic rings. The van der Waals surface area contributed by atoms with Crippen LogP contribution in [0.25, 0.3) is 0 Å². The summed E-state index contributed by atoms with van der Waals surface area (Å²) in [5.41, 5.74) is 2.77. The summed E-state index contributed by atoms with van der Waals surface area (Å²) in [7, 11) is 4.25. The highest BCUT2D eigenvalue weighted by Crippen LogP contribution is 2.28. The standard InChI is InChI=1S/C17H29NO/c1-6-12-19-17-10-9-15(8-7-11-18(4)5)13-16(17)14(2)3/h9-10,13-14H,6-8,11-12H2,1-5H3. The number of benzene rings is 1. The lowest BCUT2D eigenvalue weighted by molar-refractivity contribution is 0.313. The van der Waals surface area contributed by atoms with E-state index in [9.17, 15) is 0 Å². The van der Waals surface area contributed by atoms with E-state index < -0.39 is 0 Å². The smallest absolute Gasteiger partial charge is 0.122 e. The molecule has 0 aliphatic carbocycles. The molecule has 2 heteroatoms. The molecule has 0 aliphatic heterocycles. The maximum atomic E-state index is 5.84. The Morgan fingerprint density at radius 1 is 1.21 bits per heavy atom. The van der Waals surface area contributed by atoms with E-state index in [1.807, 2.05) is 0 Å². The zero-order chi connectivity index (χ0) is 14.3. The van der Waals surface area contributed by atoms with Crippen molar-refractivity contribution >= 4 is 0 Å². The van der Waals surface area contributed by atoms with Gasteiger partial charge < -0.3 is 9.64 Å². The van der Waals surface area contributed by atoms with Gasteiger partial charge in [-0.05, 0) is 63.0 Å². The van der Waals surface area contributed by atoms with Crippen LogP contribution < -0.4 is 4.74 Å². The minimum atomic E-state index is 0.514. The Kier molecular flexibility index (Phi) is 6.93. The first-order valence-electron chi connectivity index (χ1n) is 7.45. The van der Waals surface area contributed by atoms with Crippen LogP contribution in [0.5, 0.6) is 5.75 Å². The predicted molar refractivity (Wildman–Crippen MR) is 83.2 cm³/mol. The lowest BCUT2D eigenvalue weighted by Crippen LogP contribution is -2.13. The van der Waals surface area contributed by atoms with Crippen LogP contribution >= 0.6 is 0 Å². The zero-order valence-corrected chi connectivity index (χ0v) is 13.2. The molecule has 0 unspecified atom stereocenters. The van der Waals surface area contributed by atoms with Gasteiger partial charge in [0.25, 0.3) is 0 Å². The highest BCUT2D eigenvalue weighted by Gasteiger charge is 2.09. The third-order valence-electron chi connectivity index (χ3n) is 3.23. The van der Waals surface area contributed by atoms with Gasteiger partial charge in [0.15, 0.2) is 0 Å². The number of nitrogens with zero attached hydrogens (tertiary/aromatic N) is 1. The summed E-state index contributed by atoms with van der Waals surface area (Å²) in [5.74, 6) is 1.58. The van der Waals surface area contributed by atoms with Crippen LogP contribution in [0, 0.1) is 0 Å². The topological polar surface area (TPSA) is 12.5 Å². The molecule has 0 heterocycles. The molecule has 108 valence electrons. The summed E-state index contributed by atoms with van der Waals surface area (Å²) in [4.78, 5) is 2.24. The van der Waals surface area contributed by atoms with E-state index >= 15 is 0 Å². The number of aryl methyl sites for hydroxylation is 1. The Labute approximate surface area is 118 Å². The van der Waals surface area contributed by atoms with E-state index in [1.54, 1.807) is 0 Å². The molecular weight excluding hydrogens is 234 g/mol. The van der Waals surface area contributed by atoms with Crippen molar-refractivity contribution in [1.29, 1.82) is 0 Å². The highest BCUT2D eigenvalue weighted by molar-refractivity contribution is 5.39. The first-order chi connectivity index (χ1) is 9.04. The lowest BCUT2D eigenvalue weighted by atomic mass is 9.97. The molecule has 1 rings (SSSR count). The molecule has 0 N–H and O–H groups in total. The van der Waals surface area contributed by atoms with E-state index in [0.29, 0.717) is 5.92 Å². The van der Waals surface area contributed by atoms with Gasteiger partial charge >= 0.3 is 0 Å². The number of hydrogen-bond acceptors (Lipinski definition) is 2. The molecule has 1 aromatic carbocycles. The number of rotatable bonds is 8. The van der Waals surface area contributed by atoms with E-state index in [0.717, 1.165) is 31.7 Å². The van der Waals surface area contributed by atoms with Crippen molar-refractivity contribution in [2.24, 2.45) is 0 Å². The Morgan fingerprint density at radius 2 is 1.95 bits per heavy atom. The number of hydrogen-bond donors (Lipinski definition) is 0. The average Bonchev–Trinajstić information content (AvgIpc) is 2.36. The van der Waals surface area contributed by atoms with Gasteiger partial charge in [-0.1, -0.05) is 32.9 Å². The van der Waals surface area contributed by atoms with Gasteiger partial charge in [0.1, 0.15) is 5.75 Å². The van der Waals surface area contributed by atoms with Crippen molar-refractivity contribution in [3.8, 4) is 5.75 Å². The fraction of sp³-hybridized carbons (Fsp3) is 0.647. The van der Waals surface area contributed by atoms with E-state index in [4.69, 9.17) is 4.74 Å². The summed E-state index contributed by atoms with van der Waals surface area (Å²) >= 11 is 0. The summed E-state index contributed by atoms with van der Waals surface area (Å²) in [5, 5.41) is 0. The normalized spacial score (nSPS) is 11.3. The van der Waals surface area contributed by atoms with Crippen molar-refractivity contribution in [1.82, 2.24) is 4.90 Å². The average molecular weight is 263 g/mol. The van der Waals surface area contributed by atoms with Gasteiger partial charge in [0.05, 0.1) is 6.61 Å². The van der Waals surface area contributed by atoms with Crippen LogP contribution in [-0.4, -0.2) is 32.1 Å². The number of ether oxygens (including phenoxy) is 1. The third kappa shape index (κ3) is 5.65. The van der Waals surface area contributed by atoms with Crippen LogP contribution in [0.15, 0.2) is 18.2 Å². The monoisotopic (exact) mass is 263 g/mol. The van der Waals surface area contributed by atoms with Gasteiger partial charge in [-0.2, -0.15) is 0 Å². The van der Waals surface area contributed by atoms with Crippen LogP contribution in [0.2, 0.25) is 0 Å². The molecular formula is C17H29NO. The van der Waals surface area contributed by atoms with Gasteiger partial charge in [0.2, 0.25) is 0 Å². The summed E-state index contributed by atoms with van der Waals surface area (Å²) in [6.45, 7) is 8.56.